The van der Waals surface area contributed by atoms with Gasteiger partial charge in [0.15, 0.2) is 30.6 Å². The van der Waals surface area contributed by atoms with Gasteiger partial charge in [-0.1, -0.05) is 47.1 Å². The predicted octanol–water partition coefficient (Wildman–Crippen LogP) is 1.86. The Balaban J connectivity index is 0.00000585. The molecule has 0 aromatic carbocycles. The van der Waals surface area contributed by atoms with Crippen molar-refractivity contribution in [1.82, 2.24) is 0 Å². The molecule has 4 saturated carbocycles. The molecule has 7 rings (SSSR count). The van der Waals surface area contributed by atoms with Crippen LogP contribution in [0.1, 0.15) is 106 Å². The number of rotatable bonds is 7. The molecule has 0 aromatic rings. The van der Waals surface area contributed by atoms with Gasteiger partial charge in [-0.2, -0.15) is 0 Å². The molecule has 0 bridgehead atoms. The number of ether oxygens (including phenoxy) is 4. The summed E-state index contributed by atoms with van der Waals surface area (Å²) < 4.78 is 23.4. The van der Waals surface area contributed by atoms with Crippen LogP contribution < -0.4 is 0 Å². The fraction of sp³-hybridized carbons (Fsp3) is 0.857. The van der Waals surface area contributed by atoms with E-state index in [1.54, 1.807) is 0 Å². The third kappa shape index (κ3) is 6.95. The molecular formula is C42H62MgO16+2. The Bertz CT molecular complexity index is 1740. The topological polar surface area (TPSA) is 267 Å². The number of fused-ring (bicyclic) bond motifs is 7. The molecule has 0 amide bonds. The van der Waals surface area contributed by atoms with Gasteiger partial charge in [-0.25, -0.2) is 9.59 Å². The van der Waals surface area contributed by atoms with Crippen LogP contribution in [0.4, 0.5) is 0 Å². The summed E-state index contributed by atoms with van der Waals surface area (Å²) in [6.07, 6.45) is -12.2. The van der Waals surface area contributed by atoms with Crippen LogP contribution in [-0.2, 0) is 38.1 Å². The second kappa shape index (κ2) is 15.5. The summed E-state index contributed by atoms with van der Waals surface area (Å²) in [5.74, 6) is -4.47. The average molecular weight is 847 g/mol. The van der Waals surface area contributed by atoms with E-state index in [1.807, 2.05) is 26.8 Å². The first-order valence-electron chi connectivity index (χ1n) is 20.7. The number of aliphatic carboxylic acids is 3. The van der Waals surface area contributed by atoms with Crippen LogP contribution in [0.25, 0.3) is 0 Å². The van der Waals surface area contributed by atoms with Gasteiger partial charge < -0.3 is 59.8 Å². The third-order valence-electron chi connectivity index (χ3n) is 17.2. The number of carboxylic acids is 3. The molecule has 3 unspecified atom stereocenters. The van der Waals surface area contributed by atoms with Gasteiger partial charge in [-0.3, -0.25) is 9.59 Å². The van der Waals surface area contributed by atoms with Gasteiger partial charge in [-0.15, -0.1) is 0 Å². The normalized spacial score (nSPS) is 51.7. The molecule has 7 aliphatic rings. The Labute approximate surface area is 360 Å². The van der Waals surface area contributed by atoms with Crippen LogP contribution in [0.15, 0.2) is 11.6 Å². The summed E-state index contributed by atoms with van der Waals surface area (Å²) in [6, 6.07) is 0. The monoisotopic (exact) mass is 846 g/mol. The Morgan fingerprint density at radius 1 is 0.695 bits per heavy atom. The molecule has 326 valence electrons. The molecule has 19 atom stereocenters. The van der Waals surface area contributed by atoms with E-state index in [1.165, 1.54) is 0 Å². The van der Waals surface area contributed by atoms with Crippen LogP contribution in [0.2, 0.25) is 0 Å². The van der Waals surface area contributed by atoms with Crippen molar-refractivity contribution in [3.63, 3.8) is 0 Å². The smallest absolute Gasteiger partial charge is 0.481 e. The number of carbonyl (C=O) groups excluding carboxylic acids is 1. The summed E-state index contributed by atoms with van der Waals surface area (Å²) in [4.78, 5) is 51.3. The van der Waals surface area contributed by atoms with Crippen molar-refractivity contribution in [2.24, 2.45) is 50.2 Å². The summed E-state index contributed by atoms with van der Waals surface area (Å²) >= 11 is 0. The van der Waals surface area contributed by atoms with Crippen LogP contribution in [0.3, 0.4) is 0 Å². The Kier molecular flexibility index (Phi) is 12.3. The van der Waals surface area contributed by atoms with Crippen molar-refractivity contribution in [3.05, 3.63) is 11.6 Å². The van der Waals surface area contributed by atoms with Crippen molar-refractivity contribution < 1.29 is 79.0 Å². The Hall–Kier alpha value is -1.77. The zero-order valence-electron chi connectivity index (χ0n) is 35.1. The SMILES string of the molecule is CC1(C)C2CC[C@]3(C)C(C(=O)C=C4C5C[C@@](C)(C(=O)O)CC[C@]5(C)CC[C@]43C)[C@@]2(C)CC[C@@H]1O[C@H]1O[C@H](C(=O)O)[C@@H](O)[C@H](O)[C@H]1O[C@@H]1O[C@H](C(=O)O)[C@@H](O)[C@H](O)[C@H]1O.[Mg+2]. The van der Waals surface area contributed by atoms with Gasteiger partial charge in [0.1, 0.15) is 36.6 Å². The molecule has 59 heavy (non-hydrogen) atoms. The number of hydrogen-bond acceptors (Lipinski definition) is 13. The fourth-order valence-corrected chi connectivity index (χ4v) is 13.4. The molecule has 17 heteroatoms. The number of carbonyl (C=O) groups is 4. The molecule has 0 aromatic heterocycles. The first-order valence-corrected chi connectivity index (χ1v) is 20.7. The van der Waals surface area contributed by atoms with Crippen molar-refractivity contribution in [3.8, 4) is 0 Å². The summed E-state index contributed by atoms with van der Waals surface area (Å²) in [5.41, 5.74) is -1.81. The van der Waals surface area contributed by atoms with Crippen LogP contribution in [-0.4, -0.2) is 155 Å². The Morgan fingerprint density at radius 3 is 1.86 bits per heavy atom. The molecule has 16 nitrogen and oxygen atoms in total. The van der Waals surface area contributed by atoms with Crippen molar-refractivity contribution in [2.75, 3.05) is 0 Å². The third-order valence-corrected chi connectivity index (χ3v) is 17.2. The van der Waals surface area contributed by atoms with E-state index in [2.05, 4.69) is 27.7 Å². The van der Waals surface area contributed by atoms with E-state index in [9.17, 15) is 60.0 Å². The molecule has 5 aliphatic carbocycles. The maximum atomic E-state index is 14.8. The fourth-order valence-electron chi connectivity index (χ4n) is 13.4. The standard InChI is InChI=1S/C42H62O16.Mg/c1-37(2)21-8-11-42(7)31(20(43)16-18-19-17-39(4,36(53)54)13-12-38(19,3)14-15-41(18,42)6)40(21,5)10-9-22(37)55-35-30(26(47)25(46)29(57-35)33(51)52)58-34-27(48)23(44)24(45)28(56-34)32(49)50;/h16,19,21-31,34-35,44-48H,8-15,17H2,1-7H3,(H,49,50)(H,51,52)(H,53,54);/q;+2/t19?,21?,22-,23-,24-,25-,26-,27+,28-,29-,30+,31?,34-,35-,38+,39-,40-,41+,42+;/m0./s1. The average Bonchev–Trinajstić information content (AvgIpc) is 3.13. The summed E-state index contributed by atoms with van der Waals surface area (Å²) in [5, 5.41) is 83.0. The van der Waals surface area contributed by atoms with Gasteiger partial charge in [0, 0.05) is 5.92 Å². The first kappa shape index (κ1) is 46.7. The van der Waals surface area contributed by atoms with Gasteiger partial charge in [0.25, 0.3) is 0 Å². The van der Waals surface area contributed by atoms with Crippen molar-refractivity contribution in [1.29, 1.82) is 0 Å². The largest absolute Gasteiger partial charge is 2.00 e. The second-order valence-corrected chi connectivity index (χ2v) is 20.6. The predicted molar refractivity (Wildman–Crippen MR) is 205 cm³/mol. The van der Waals surface area contributed by atoms with E-state index in [-0.39, 0.29) is 57.4 Å². The number of ketones is 1. The van der Waals surface area contributed by atoms with Crippen molar-refractivity contribution in [2.45, 2.75) is 174 Å². The van der Waals surface area contributed by atoms with E-state index < -0.39 is 107 Å². The number of aliphatic hydroxyl groups excluding tert-OH is 5. The number of aliphatic hydroxyl groups is 5. The zero-order chi connectivity index (χ0) is 42.9. The molecule has 6 fully saturated rings. The minimum Gasteiger partial charge on any atom is -0.481 e. The number of carboxylic acid groups (broad SMARTS) is 3. The van der Waals surface area contributed by atoms with Crippen LogP contribution in [0.5, 0.6) is 0 Å². The molecular weight excluding hydrogens is 785 g/mol. The zero-order valence-corrected chi connectivity index (χ0v) is 36.5. The van der Waals surface area contributed by atoms with Gasteiger partial charge in [0.05, 0.1) is 11.5 Å². The van der Waals surface area contributed by atoms with E-state index >= 15 is 0 Å². The number of hydrogen-bond donors (Lipinski definition) is 8. The molecule has 0 spiro atoms. The molecule has 2 aliphatic heterocycles. The van der Waals surface area contributed by atoms with Gasteiger partial charge >= 0.3 is 41.0 Å². The van der Waals surface area contributed by atoms with E-state index in [0.29, 0.717) is 25.7 Å². The maximum absolute atomic E-state index is 14.8. The van der Waals surface area contributed by atoms with E-state index in [0.717, 1.165) is 37.7 Å². The van der Waals surface area contributed by atoms with Crippen LogP contribution in [0, 0.1) is 50.2 Å². The maximum Gasteiger partial charge on any atom is 2.00 e. The van der Waals surface area contributed by atoms with Gasteiger partial charge in [0.2, 0.25) is 0 Å². The minimum absolute atomic E-state index is 0. The van der Waals surface area contributed by atoms with Crippen LogP contribution >= 0.6 is 0 Å². The van der Waals surface area contributed by atoms with E-state index in [4.69, 9.17) is 18.9 Å². The molecule has 2 heterocycles. The van der Waals surface area contributed by atoms with Gasteiger partial charge in [-0.05, 0) is 110 Å². The quantitative estimate of drug-likeness (QED) is 0.134. The molecule has 2 saturated heterocycles. The first-order chi connectivity index (χ1) is 26.8. The molecule has 0 radical (unpaired) electrons. The second-order valence-electron chi connectivity index (χ2n) is 20.6. The summed E-state index contributed by atoms with van der Waals surface area (Å²) in [6.45, 7) is 14.8. The van der Waals surface area contributed by atoms with Crippen molar-refractivity contribution >= 4 is 46.7 Å². The Morgan fingerprint density at radius 2 is 1.27 bits per heavy atom. The minimum atomic E-state index is -2.05. The summed E-state index contributed by atoms with van der Waals surface area (Å²) in [7, 11) is 0. The number of allylic oxidation sites excluding steroid dienone is 2. The molecule has 8 N–H and O–H groups in total.